The lowest BCUT2D eigenvalue weighted by atomic mass is 10.1. The van der Waals surface area contributed by atoms with Crippen LogP contribution in [0.25, 0.3) is 0 Å². The van der Waals surface area contributed by atoms with Crippen molar-refractivity contribution in [3.05, 3.63) is 28.3 Å². The Morgan fingerprint density at radius 2 is 1.95 bits per heavy atom. The molecule has 0 aliphatic heterocycles. The zero-order valence-electron chi connectivity index (χ0n) is 11.7. The van der Waals surface area contributed by atoms with Crippen LogP contribution in [0.15, 0.2) is 12.1 Å². The highest BCUT2D eigenvalue weighted by molar-refractivity contribution is 6.34. The predicted octanol–water partition coefficient (Wildman–Crippen LogP) is 3.05. The second-order valence-corrected chi connectivity index (χ2v) is 4.45. The molecule has 9 heteroatoms. The minimum atomic E-state index is -4.93. The average molecular weight is 340 g/mol. The van der Waals surface area contributed by atoms with E-state index >= 15 is 0 Å². The summed E-state index contributed by atoms with van der Waals surface area (Å²) in [5.74, 6) is -1.80. The molecule has 0 saturated heterocycles. The fourth-order valence-corrected chi connectivity index (χ4v) is 1.87. The first-order valence-corrected chi connectivity index (χ1v) is 6.49. The van der Waals surface area contributed by atoms with E-state index in [1.165, 1.54) is 0 Å². The highest BCUT2D eigenvalue weighted by Crippen LogP contribution is 2.33. The van der Waals surface area contributed by atoms with Gasteiger partial charge >= 0.3 is 12.3 Å². The molecule has 1 aromatic carbocycles. The topological polar surface area (TPSA) is 64.6 Å². The summed E-state index contributed by atoms with van der Waals surface area (Å²) in [5.41, 5.74) is -0.289. The molecule has 0 aromatic heterocycles. The van der Waals surface area contributed by atoms with Gasteiger partial charge in [-0.05, 0) is 12.1 Å². The van der Waals surface area contributed by atoms with Gasteiger partial charge in [0.1, 0.15) is 5.75 Å². The van der Waals surface area contributed by atoms with E-state index in [0.717, 1.165) is 19.2 Å². The SMILES string of the molecule is CCC(=O)NCc1c(OC(F)(F)F)ccc(C(=O)OC)c1Cl. The average Bonchev–Trinajstić information content (AvgIpc) is 2.44. The fourth-order valence-electron chi connectivity index (χ4n) is 1.57. The Morgan fingerprint density at radius 3 is 2.45 bits per heavy atom. The molecule has 22 heavy (non-hydrogen) atoms. The number of alkyl halides is 3. The fraction of sp³-hybridized carbons (Fsp3) is 0.385. The molecule has 0 aliphatic carbocycles. The highest BCUT2D eigenvalue weighted by Gasteiger charge is 2.33. The standard InChI is InChI=1S/C13H13ClF3NO4/c1-3-10(19)18-6-8-9(22-13(15,16)17)5-4-7(11(8)14)12(20)21-2/h4-5H,3,6H2,1-2H3,(H,18,19). The number of halogens is 4. The van der Waals surface area contributed by atoms with E-state index < -0.39 is 24.0 Å². The van der Waals surface area contributed by atoms with Crippen molar-refractivity contribution in [1.82, 2.24) is 5.32 Å². The molecule has 0 unspecified atom stereocenters. The quantitative estimate of drug-likeness (QED) is 0.837. The van der Waals surface area contributed by atoms with Crippen LogP contribution in [0, 0.1) is 0 Å². The molecule has 0 radical (unpaired) electrons. The van der Waals surface area contributed by atoms with Gasteiger partial charge in [0.25, 0.3) is 0 Å². The molecule has 122 valence electrons. The molecule has 5 nitrogen and oxygen atoms in total. The lowest BCUT2D eigenvalue weighted by Crippen LogP contribution is -2.24. The van der Waals surface area contributed by atoms with E-state index in [1.54, 1.807) is 6.92 Å². The third-order valence-corrected chi connectivity index (χ3v) is 3.05. The van der Waals surface area contributed by atoms with Crippen LogP contribution in [-0.2, 0) is 16.1 Å². The van der Waals surface area contributed by atoms with Gasteiger partial charge in [-0.15, -0.1) is 13.2 Å². The van der Waals surface area contributed by atoms with E-state index in [0.29, 0.717) is 0 Å². The number of ether oxygens (including phenoxy) is 2. The van der Waals surface area contributed by atoms with Crippen molar-refractivity contribution < 1.29 is 32.2 Å². The number of carbonyl (C=O) groups excluding carboxylic acids is 2. The summed E-state index contributed by atoms with van der Waals surface area (Å²) in [7, 11) is 1.11. The molecular formula is C13H13ClF3NO4. The van der Waals surface area contributed by atoms with Crippen molar-refractivity contribution in [2.45, 2.75) is 26.3 Å². The zero-order chi connectivity index (χ0) is 16.9. The van der Waals surface area contributed by atoms with Gasteiger partial charge in [0.15, 0.2) is 0 Å². The van der Waals surface area contributed by atoms with Crippen LogP contribution in [0.2, 0.25) is 5.02 Å². The Morgan fingerprint density at radius 1 is 1.32 bits per heavy atom. The third-order valence-electron chi connectivity index (χ3n) is 2.61. The third kappa shape index (κ3) is 4.80. The molecular weight excluding hydrogens is 327 g/mol. The molecule has 0 saturated carbocycles. The second kappa shape index (κ2) is 7.35. The van der Waals surface area contributed by atoms with Gasteiger partial charge in [-0.3, -0.25) is 4.79 Å². The molecule has 0 atom stereocenters. The summed E-state index contributed by atoms with van der Waals surface area (Å²) < 4.78 is 45.5. The van der Waals surface area contributed by atoms with Crippen molar-refractivity contribution >= 4 is 23.5 Å². The maximum atomic E-state index is 12.4. The van der Waals surface area contributed by atoms with E-state index in [9.17, 15) is 22.8 Å². The van der Waals surface area contributed by atoms with Crippen LogP contribution in [0.4, 0.5) is 13.2 Å². The number of methoxy groups -OCH3 is 1. The van der Waals surface area contributed by atoms with Gasteiger partial charge in [0, 0.05) is 18.5 Å². The maximum Gasteiger partial charge on any atom is 0.573 e. The van der Waals surface area contributed by atoms with E-state index in [2.05, 4.69) is 14.8 Å². The Balaban J connectivity index is 3.23. The molecule has 1 rings (SSSR count). The van der Waals surface area contributed by atoms with E-state index in [1.807, 2.05) is 0 Å². The summed E-state index contributed by atoms with van der Waals surface area (Å²) >= 11 is 5.94. The van der Waals surface area contributed by atoms with Gasteiger partial charge in [0.2, 0.25) is 5.91 Å². The van der Waals surface area contributed by atoms with Crippen molar-refractivity contribution in [1.29, 1.82) is 0 Å². The molecule has 0 aliphatic rings. The molecule has 0 spiro atoms. The van der Waals surface area contributed by atoms with Crippen LogP contribution in [0.5, 0.6) is 5.75 Å². The number of carbonyl (C=O) groups is 2. The lowest BCUT2D eigenvalue weighted by Gasteiger charge is -2.16. The largest absolute Gasteiger partial charge is 0.573 e. The van der Waals surface area contributed by atoms with Crippen molar-refractivity contribution in [2.24, 2.45) is 0 Å². The summed E-state index contributed by atoms with van der Waals surface area (Å²) in [6, 6.07) is 2.00. The minimum Gasteiger partial charge on any atom is -0.465 e. The summed E-state index contributed by atoms with van der Waals surface area (Å²) in [6.07, 6.45) is -4.79. The van der Waals surface area contributed by atoms with Gasteiger partial charge in [-0.1, -0.05) is 18.5 Å². The molecule has 0 fully saturated rings. The Labute approximate surface area is 129 Å². The first kappa shape index (κ1) is 18.1. The monoisotopic (exact) mass is 339 g/mol. The number of hydrogen-bond acceptors (Lipinski definition) is 4. The number of rotatable bonds is 5. The number of amides is 1. The van der Waals surface area contributed by atoms with Crippen LogP contribution >= 0.6 is 11.6 Å². The van der Waals surface area contributed by atoms with E-state index in [4.69, 9.17) is 11.6 Å². The first-order valence-electron chi connectivity index (χ1n) is 6.11. The summed E-state index contributed by atoms with van der Waals surface area (Å²) in [5, 5.41) is 2.10. The minimum absolute atomic E-state index is 0.126. The number of esters is 1. The lowest BCUT2D eigenvalue weighted by molar-refractivity contribution is -0.274. The Bertz CT molecular complexity index is 575. The van der Waals surface area contributed by atoms with E-state index in [-0.39, 0.29) is 29.1 Å². The maximum absolute atomic E-state index is 12.4. The van der Waals surface area contributed by atoms with Gasteiger partial charge in [-0.25, -0.2) is 4.79 Å². The Hall–Kier alpha value is -1.96. The number of hydrogen-bond donors (Lipinski definition) is 1. The predicted molar refractivity (Wildman–Crippen MR) is 71.6 cm³/mol. The first-order chi connectivity index (χ1) is 10.2. The second-order valence-electron chi connectivity index (χ2n) is 4.07. The van der Waals surface area contributed by atoms with Gasteiger partial charge < -0.3 is 14.8 Å². The molecule has 0 bridgehead atoms. The number of benzene rings is 1. The molecule has 1 aromatic rings. The van der Waals surface area contributed by atoms with Crippen molar-refractivity contribution in [3.8, 4) is 5.75 Å². The van der Waals surface area contributed by atoms with Crippen LogP contribution in [-0.4, -0.2) is 25.3 Å². The van der Waals surface area contributed by atoms with Gasteiger partial charge in [-0.2, -0.15) is 0 Å². The van der Waals surface area contributed by atoms with Crippen molar-refractivity contribution in [3.63, 3.8) is 0 Å². The number of nitrogens with one attached hydrogen (secondary N) is 1. The van der Waals surface area contributed by atoms with Crippen LogP contribution < -0.4 is 10.1 Å². The zero-order valence-corrected chi connectivity index (χ0v) is 12.5. The van der Waals surface area contributed by atoms with Crippen LogP contribution in [0.3, 0.4) is 0 Å². The normalized spacial score (nSPS) is 11.0. The highest BCUT2D eigenvalue weighted by atomic mass is 35.5. The Kier molecular flexibility index (Phi) is 6.04. The summed E-state index contributed by atoms with van der Waals surface area (Å²) in [6.45, 7) is 1.26. The van der Waals surface area contributed by atoms with Crippen LogP contribution in [0.1, 0.15) is 29.3 Å². The molecule has 1 N–H and O–H groups in total. The molecule has 0 heterocycles. The molecule has 1 amide bonds. The van der Waals surface area contributed by atoms with Gasteiger partial charge in [0.05, 0.1) is 17.7 Å². The smallest absolute Gasteiger partial charge is 0.465 e. The van der Waals surface area contributed by atoms with Crippen molar-refractivity contribution in [2.75, 3.05) is 7.11 Å². The summed E-state index contributed by atoms with van der Waals surface area (Å²) in [4.78, 5) is 22.8.